The summed E-state index contributed by atoms with van der Waals surface area (Å²) >= 11 is 1.72. The van der Waals surface area contributed by atoms with Crippen LogP contribution in [0.3, 0.4) is 0 Å². The average Bonchev–Trinajstić information content (AvgIpc) is 3.16. The van der Waals surface area contributed by atoms with E-state index in [2.05, 4.69) is 27.9 Å². The van der Waals surface area contributed by atoms with Crippen molar-refractivity contribution in [3.05, 3.63) is 36.2 Å². The van der Waals surface area contributed by atoms with Gasteiger partial charge in [0.1, 0.15) is 5.75 Å². The van der Waals surface area contributed by atoms with Crippen LogP contribution in [0.4, 0.5) is 0 Å². The van der Waals surface area contributed by atoms with Crippen molar-refractivity contribution in [2.45, 2.75) is 23.1 Å². The van der Waals surface area contributed by atoms with Crippen molar-refractivity contribution in [3.63, 3.8) is 0 Å². The monoisotopic (exact) mass is 290 g/mol. The number of ether oxygens (including phenoxy) is 1. The van der Waals surface area contributed by atoms with E-state index in [9.17, 15) is 0 Å². The summed E-state index contributed by atoms with van der Waals surface area (Å²) in [6.07, 6.45) is 3.18. The molecule has 20 heavy (non-hydrogen) atoms. The Kier molecular flexibility index (Phi) is 4.22. The van der Waals surface area contributed by atoms with Gasteiger partial charge in [-0.3, -0.25) is 0 Å². The molecule has 0 spiro atoms. The Labute approximate surface area is 122 Å². The smallest absolute Gasteiger partial charge is 0.132 e. The Morgan fingerprint density at radius 2 is 2.35 bits per heavy atom. The van der Waals surface area contributed by atoms with Gasteiger partial charge in [-0.05, 0) is 25.1 Å². The fourth-order valence-corrected chi connectivity index (χ4v) is 3.22. The molecule has 0 amide bonds. The van der Waals surface area contributed by atoms with Gasteiger partial charge in [0.05, 0.1) is 18.8 Å². The van der Waals surface area contributed by atoms with Gasteiger partial charge in [-0.2, -0.15) is 0 Å². The van der Waals surface area contributed by atoms with Gasteiger partial charge in [-0.15, -0.1) is 16.9 Å². The van der Waals surface area contributed by atoms with Crippen LogP contribution < -0.4 is 10.1 Å². The largest absolute Gasteiger partial charge is 0.496 e. The molecule has 1 fully saturated rings. The summed E-state index contributed by atoms with van der Waals surface area (Å²) in [5.41, 5.74) is 1.01. The lowest BCUT2D eigenvalue weighted by atomic mass is 10.3. The molecule has 1 N–H and O–H groups in total. The number of rotatable bonds is 5. The normalized spacial score (nSPS) is 18.4. The molecular weight excluding hydrogens is 272 g/mol. The maximum atomic E-state index is 5.35. The maximum Gasteiger partial charge on any atom is 0.132 e. The Morgan fingerprint density at radius 3 is 3.15 bits per heavy atom. The number of nitrogens with zero attached hydrogens (tertiary/aromatic N) is 3. The molecule has 2 aromatic rings. The van der Waals surface area contributed by atoms with Crippen molar-refractivity contribution in [1.82, 2.24) is 20.3 Å². The van der Waals surface area contributed by atoms with Crippen molar-refractivity contribution in [3.8, 4) is 5.75 Å². The van der Waals surface area contributed by atoms with E-state index in [1.54, 1.807) is 18.9 Å². The fraction of sp³-hybridized carbons (Fsp3) is 0.429. The van der Waals surface area contributed by atoms with E-state index in [1.165, 1.54) is 0 Å². The Bertz CT molecular complexity index is 566. The van der Waals surface area contributed by atoms with Crippen molar-refractivity contribution < 1.29 is 4.74 Å². The molecule has 1 aromatic heterocycles. The second-order valence-corrected chi connectivity index (χ2v) is 5.79. The molecule has 1 aliphatic heterocycles. The average molecular weight is 290 g/mol. The molecule has 2 heterocycles. The molecule has 0 unspecified atom stereocenters. The van der Waals surface area contributed by atoms with Crippen LogP contribution in [0.15, 0.2) is 35.4 Å². The minimum absolute atomic E-state index is 0.451. The molecule has 0 saturated carbocycles. The van der Waals surface area contributed by atoms with Gasteiger partial charge in [0.25, 0.3) is 0 Å². The molecule has 1 aromatic carbocycles. The summed E-state index contributed by atoms with van der Waals surface area (Å²) in [5, 5.41) is 11.8. The summed E-state index contributed by atoms with van der Waals surface area (Å²) in [5.74, 6) is 1.71. The zero-order chi connectivity index (χ0) is 13.8. The minimum atomic E-state index is 0.451. The third-order valence-electron chi connectivity index (χ3n) is 3.41. The molecule has 0 radical (unpaired) electrons. The topological polar surface area (TPSA) is 52.0 Å². The molecule has 6 heteroatoms. The zero-order valence-electron chi connectivity index (χ0n) is 11.5. The number of thioether (sulfide) groups is 1. The highest BCUT2D eigenvalue weighted by Gasteiger charge is 2.17. The van der Waals surface area contributed by atoms with Crippen molar-refractivity contribution in [2.24, 2.45) is 0 Å². The Balaban J connectivity index is 1.63. The maximum absolute atomic E-state index is 5.35. The van der Waals surface area contributed by atoms with Crippen LogP contribution >= 0.6 is 11.8 Å². The number of hydrogen-bond donors (Lipinski definition) is 1. The number of methoxy groups -OCH3 is 1. The van der Waals surface area contributed by atoms with Gasteiger partial charge in [-0.1, -0.05) is 17.3 Å². The molecule has 0 bridgehead atoms. The van der Waals surface area contributed by atoms with Crippen molar-refractivity contribution >= 4 is 11.8 Å². The van der Waals surface area contributed by atoms with E-state index in [0.29, 0.717) is 6.04 Å². The highest BCUT2D eigenvalue weighted by atomic mass is 32.2. The predicted octanol–water partition coefficient (Wildman–Crippen LogP) is 2.11. The fourth-order valence-electron chi connectivity index (χ4n) is 2.31. The van der Waals surface area contributed by atoms with Crippen LogP contribution in [0, 0.1) is 0 Å². The number of nitrogens with one attached hydrogen (secondary N) is 1. The van der Waals surface area contributed by atoms with E-state index >= 15 is 0 Å². The zero-order valence-corrected chi connectivity index (χ0v) is 12.3. The number of hydrogen-bond acceptors (Lipinski definition) is 5. The van der Waals surface area contributed by atoms with Gasteiger partial charge in [0.2, 0.25) is 0 Å². The van der Waals surface area contributed by atoms with Crippen LogP contribution in [0.2, 0.25) is 0 Å². The standard InChI is InChI=1S/C14H18N4OS/c1-19-13-4-2-3-5-14(13)20-10-11-9-18(17-16-11)12-6-7-15-8-12/h2-5,9,12,15H,6-8,10H2,1H3/t12-/m0/s1. The van der Waals surface area contributed by atoms with Crippen LogP contribution in [0.5, 0.6) is 5.75 Å². The summed E-state index contributed by atoms with van der Waals surface area (Å²) in [7, 11) is 1.70. The van der Waals surface area contributed by atoms with Crippen LogP contribution in [-0.2, 0) is 5.75 Å². The molecule has 1 saturated heterocycles. The minimum Gasteiger partial charge on any atom is -0.496 e. The summed E-state index contributed by atoms with van der Waals surface area (Å²) in [6, 6.07) is 8.49. The molecule has 3 rings (SSSR count). The van der Waals surface area contributed by atoms with Crippen LogP contribution in [0.1, 0.15) is 18.2 Å². The number of benzene rings is 1. The highest BCUT2D eigenvalue weighted by molar-refractivity contribution is 7.98. The first-order valence-corrected chi connectivity index (χ1v) is 7.72. The van der Waals surface area contributed by atoms with Gasteiger partial charge in [0, 0.05) is 23.4 Å². The molecule has 0 aliphatic carbocycles. The first-order valence-electron chi connectivity index (χ1n) is 6.74. The summed E-state index contributed by atoms with van der Waals surface area (Å²) < 4.78 is 7.33. The molecule has 1 atom stereocenters. The lowest BCUT2D eigenvalue weighted by molar-refractivity contribution is 0.405. The Morgan fingerprint density at radius 1 is 1.45 bits per heavy atom. The van der Waals surface area contributed by atoms with Gasteiger partial charge < -0.3 is 10.1 Å². The van der Waals surface area contributed by atoms with Gasteiger partial charge >= 0.3 is 0 Å². The molecule has 1 aliphatic rings. The van der Waals surface area contributed by atoms with Crippen LogP contribution in [0.25, 0.3) is 0 Å². The second kappa shape index (κ2) is 6.28. The predicted molar refractivity (Wildman–Crippen MR) is 79.1 cm³/mol. The first-order chi connectivity index (χ1) is 9.86. The molecular formula is C14H18N4OS. The van der Waals surface area contributed by atoms with Crippen molar-refractivity contribution in [2.75, 3.05) is 20.2 Å². The van der Waals surface area contributed by atoms with Crippen molar-refractivity contribution in [1.29, 1.82) is 0 Å². The Hall–Kier alpha value is -1.53. The third kappa shape index (κ3) is 2.96. The first kappa shape index (κ1) is 13.5. The lowest BCUT2D eigenvalue weighted by Gasteiger charge is -2.07. The van der Waals surface area contributed by atoms with E-state index in [1.807, 2.05) is 22.9 Å². The molecule has 5 nitrogen and oxygen atoms in total. The third-order valence-corrected chi connectivity index (χ3v) is 4.50. The van der Waals surface area contributed by atoms with E-state index in [4.69, 9.17) is 4.74 Å². The SMILES string of the molecule is COc1ccccc1SCc1cn([C@H]2CCNC2)nn1. The quantitative estimate of drug-likeness (QED) is 0.855. The van der Waals surface area contributed by atoms with Crippen LogP contribution in [-0.4, -0.2) is 35.2 Å². The molecule has 106 valence electrons. The lowest BCUT2D eigenvalue weighted by Crippen LogP contribution is -2.13. The highest BCUT2D eigenvalue weighted by Crippen LogP contribution is 2.30. The second-order valence-electron chi connectivity index (χ2n) is 4.78. The van der Waals surface area contributed by atoms with Gasteiger partial charge in [0.15, 0.2) is 0 Å². The van der Waals surface area contributed by atoms with E-state index < -0.39 is 0 Å². The van der Waals surface area contributed by atoms with E-state index in [0.717, 1.165) is 41.6 Å². The summed E-state index contributed by atoms with van der Waals surface area (Å²) in [4.78, 5) is 1.13. The number of para-hydroxylation sites is 1. The number of aromatic nitrogens is 3. The van der Waals surface area contributed by atoms with E-state index in [-0.39, 0.29) is 0 Å². The summed E-state index contributed by atoms with van der Waals surface area (Å²) in [6.45, 7) is 2.05. The van der Waals surface area contributed by atoms with Gasteiger partial charge in [-0.25, -0.2) is 4.68 Å².